The average Bonchev–Trinajstić information content (AvgIpc) is 2.48. The molecule has 0 radical (unpaired) electrons. The first-order valence-corrected chi connectivity index (χ1v) is 5.96. The molecule has 0 saturated carbocycles. The van der Waals surface area contributed by atoms with Crippen molar-refractivity contribution in [2.24, 2.45) is 0 Å². The Hall–Kier alpha value is -0.780. The SMILES string of the molecule is c1cnc2c(c1)SNC[C@H]1COCCN21. The second-order valence-electron chi connectivity index (χ2n) is 3.70. The van der Waals surface area contributed by atoms with Gasteiger partial charge in [0.15, 0.2) is 0 Å². The van der Waals surface area contributed by atoms with E-state index in [2.05, 4.69) is 20.7 Å². The first-order chi connectivity index (χ1) is 7.45. The van der Waals surface area contributed by atoms with Crippen LogP contribution in [-0.2, 0) is 4.74 Å². The zero-order chi connectivity index (χ0) is 10.1. The highest BCUT2D eigenvalue weighted by Crippen LogP contribution is 2.30. The monoisotopic (exact) mass is 223 g/mol. The maximum atomic E-state index is 5.49. The third-order valence-electron chi connectivity index (χ3n) is 2.75. The standard InChI is InChI=1S/C10H13N3OS/c1-2-9-10(11-3-1)13-4-5-14-7-8(13)6-12-15-9/h1-3,8,12H,4-7H2/t8-/m0/s1. The van der Waals surface area contributed by atoms with E-state index in [0.717, 1.165) is 32.1 Å². The van der Waals surface area contributed by atoms with Crippen molar-refractivity contribution in [1.29, 1.82) is 0 Å². The summed E-state index contributed by atoms with van der Waals surface area (Å²) in [7, 11) is 0. The summed E-state index contributed by atoms with van der Waals surface area (Å²) in [6.07, 6.45) is 1.86. The Bertz CT molecular complexity index is 360. The van der Waals surface area contributed by atoms with Gasteiger partial charge in [-0.2, -0.15) is 0 Å². The minimum Gasteiger partial charge on any atom is -0.377 e. The molecule has 2 aliphatic rings. The summed E-state index contributed by atoms with van der Waals surface area (Å²) < 4.78 is 8.85. The molecular weight excluding hydrogens is 210 g/mol. The lowest BCUT2D eigenvalue weighted by Crippen LogP contribution is -2.49. The van der Waals surface area contributed by atoms with Crippen molar-refractivity contribution >= 4 is 17.8 Å². The van der Waals surface area contributed by atoms with E-state index in [4.69, 9.17) is 4.74 Å². The molecule has 1 atom stereocenters. The van der Waals surface area contributed by atoms with Gasteiger partial charge >= 0.3 is 0 Å². The van der Waals surface area contributed by atoms with Gasteiger partial charge in [-0.15, -0.1) is 0 Å². The van der Waals surface area contributed by atoms with Crippen LogP contribution in [0.1, 0.15) is 0 Å². The number of morpholine rings is 1. The number of nitrogens with zero attached hydrogens (tertiary/aromatic N) is 2. The molecule has 0 aromatic carbocycles. The topological polar surface area (TPSA) is 37.4 Å². The summed E-state index contributed by atoms with van der Waals surface area (Å²) in [4.78, 5) is 8.04. The lowest BCUT2D eigenvalue weighted by Gasteiger charge is -2.35. The van der Waals surface area contributed by atoms with Crippen molar-refractivity contribution in [3.63, 3.8) is 0 Å². The van der Waals surface area contributed by atoms with E-state index < -0.39 is 0 Å². The van der Waals surface area contributed by atoms with E-state index in [1.165, 1.54) is 4.90 Å². The zero-order valence-corrected chi connectivity index (χ0v) is 9.17. The van der Waals surface area contributed by atoms with Crippen LogP contribution in [0.15, 0.2) is 23.2 Å². The van der Waals surface area contributed by atoms with Gasteiger partial charge in [-0.1, -0.05) is 0 Å². The van der Waals surface area contributed by atoms with Gasteiger partial charge in [-0.25, -0.2) is 4.98 Å². The number of nitrogens with one attached hydrogen (secondary N) is 1. The van der Waals surface area contributed by atoms with Gasteiger partial charge in [-0.05, 0) is 24.1 Å². The fourth-order valence-corrected chi connectivity index (χ4v) is 2.84. The molecule has 0 aliphatic carbocycles. The van der Waals surface area contributed by atoms with Gasteiger partial charge in [-0.3, -0.25) is 4.72 Å². The summed E-state index contributed by atoms with van der Waals surface area (Å²) in [5.41, 5.74) is 0. The van der Waals surface area contributed by atoms with Crippen molar-refractivity contribution in [3.05, 3.63) is 18.3 Å². The summed E-state index contributed by atoms with van der Waals surface area (Å²) in [5, 5.41) is 0. The van der Waals surface area contributed by atoms with Crippen molar-refractivity contribution < 1.29 is 4.74 Å². The van der Waals surface area contributed by atoms with Crippen LogP contribution in [0.25, 0.3) is 0 Å². The van der Waals surface area contributed by atoms with Crippen LogP contribution in [0, 0.1) is 0 Å². The van der Waals surface area contributed by atoms with Crippen LogP contribution in [0.5, 0.6) is 0 Å². The highest BCUT2D eigenvalue weighted by Gasteiger charge is 2.28. The molecule has 3 heterocycles. The quantitative estimate of drug-likeness (QED) is 0.661. The van der Waals surface area contributed by atoms with Crippen LogP contribution in [0.4, 0.5) is 5.82 Å². The molecule has 15 heavy (non-hydrogen) atoms. The van der Waals surface area contributed by atoms with E-state index in [1.807, 2.05) is 12.3 Å². The predicted molar refractivity (Wildman–Crippen MR) is 60.0 cm³/mol. The predicted octanol–water partition coefficient (Wildman–Crippen LogP) is 0.897. The third kappa shape index (κ3) is 1.71. The molecule has 80 valence electrons. The Labute approximate surface area is 93.1 Å². The highest BCUT2D eigenvalue weighted by molar-refractivity contribution is 7.97. The normalized spacial score (nSPS) is 25.3. The molecule has 0 unspecified atom stereocenters. The third-order valence-corrected chi connectivity index (χ3v) is 3.60. The van der Waals surface area contributed by atoms with Gasteiger partial charge in [0.2, 0.25) is 0 Å². The summed E-state index contributed by atoms with van der Waals surface area (Å²) in [6.45, 7) is 3.48. The smallest absolute Gasteiger partial charge is 0.144 e. The van der Waals surface area contributed by atoms with E-state index >= 15 is 0 Å². The first-order valence-electron chi connectivity index (χ1n) is 5.14. The minimum atomic E-state index is 0.419. The number of rotatable bonds is 0. The summed E-state index contributed by atoms with van der Waals surface area (Å²) in [5.74, 6) is 1.10. The fourth-order valence-electron chi connectivity index (χ4n) is 2.00. The summed E-state index contributed by atoms with van der Waals surface area (Å²) >= 11 is 1.67. The van der Waals surface area contributed by atoms with Crippen molar-refractivity contribution in [2.45, 2.75) is 10.9 Å². The number of aromatic nitrogens is 1. The molecule has 1 saturated heterocycles. The Morgan fingerprint density at radius 1 is 1.60 bits per heavy atom. The van der Waals surface area contributed by atoms with E-state index in [0.29, 0.717) is 6.04 Å². The number of fused-ring (bicyclic) bond motifs is 3. The Morgan fingerprint density at radius 2 is 2.60 bits per heavy atom. The molecular formula is C10H13N3OS. The lowest BCUT2D eigenvalue weighted by molar-refractivity contribution is 0.0951. The number of anilines is 1. The van der Waals surface area contributed by atoms with Crippen LogP contribution >= 0.6 is 11.9 Å². The van der Waals surface area contributed by atoms with Crippen LogP contribution < -0.4 is 9.62 Å². The van der Waals surface area contributed by atoms with Gasteiger partial charge in [0, 0.05) is 19.3 Å². The Kier molecular flexibility index (Phi) is 2.52. The molecule has 5 heteroatoms. The van der Waals surface area contributed by atoms with Crippen molar-refractivity contribution in [2.75, 3.05) is 31.2 Å². The average molecular weight is 223 g/mol. The van der Waals surface area contributed by atoms with Crippen LogP contribution in [0.2, 0.25) is 0 Å². The second kappa shape index (κ2) is 4.00. The van der Waals surface area contributed by atoms with Crippen molar-refractivity contribution in [1.82, 2.24) is 9.71 Å². The maximum Gasteiger partial charge on any atom is 0.144 e. The van der Waals surface area contributed by atoms with E-state index in [-0.39, 0.29) is 0 Å². The Balaban J connectivity index is 1.99. The van der Waals surface area contributed by atoms with Crippen molar-refractivity contribution in [3.8, 4) is 0 Å². The molecule has 2 aliphatic heterocycles. The minimum absolute atomic E-state index is 0.419. The molecule has 0 amide bonds. The summed E-state index contributed by atoms with van der Waals surface area (Å²) in [6, 6.07) is 4.51. The van der Waals surface area contributed by atoms with Gasteiger partial charge in [0.05, 0.1) is 24.2 Å². The molecule has 1 N–H and O–H groups in total. The van der Waals surface area contributed by atoms with Gasteiger partial charge in [0.1, 0.15) is 5.82 Å². The van der Waals surface area contributed by atoms with Gasteiger partial charge < -0.3 is 9.64 Å². The zero-order valence-electron chi connectivity index (χ0n) is 8.35. The molecule has 4 nitrogen and oxygen atoms in total. The van der Waals surface area contributed by atoms with E-state index in [9.17, 15) is 0 Å². The van der Waals surface area contributed by atoms with E-state index in [1.54, 1.807) is 11.9 Å². The number of ether oxygens (including phenoxy) is 1. The van der Waals surface area contributed by atoms with Crippen LogP contribution in [0.3, 0.4) is 0 Å². The molecule has 1 fully saturated rings. The molecule has 0 bridgehead atoms. The lowest BCUT2D eigenvalue weighted by atomic mass is 10.2. The van der Waals surface area contributed by atoms with Crippen LogP contribution in [-0.4, -0.2) is 37.3 Å². The molecule has 0 spiro atoms. The molecule has 1 aromatic rings. The number of hydrogen-bond acceptors (Lipinski definition) is 5. The molecule has 3 rings (SSSR count). The van der Waals surface area contributed by atoms with Gasteiger partial charge in [0.25, 0.3) is 0 Å². The molecule has 1 aromatic heterocycles. The largest absolute Gasteiger partial charge is 0.377 e. The maximum absolute atomic E-state index is 5.49. The number of pyridine rings is 1. The first kappa shape index (κ1) is 9.45. The fraction of sp³-hybridized carbons (Fsp3) is 0.500. The highest BCUT2D eigenvalue weighted by atomic mass is 32.2. The second-order valence-corrected chi connectivity index (χ2v) is 4.63. The Morgan fingerprint density at radius 3 is 3.60 bits per heavy atom. The number of hydrogen-bond donors (Lipinski definition) is 1.